The predicted molar refractivity (Wildman–Crippen MR) is 110 cm³/mol. The van der Waals surface area contributed by atoms with Crippen LogP contribution in [0.2, 0.25) is 0 Å². The maximum absolute atomic E-state index is 12.7. The molecule has 0 atom stereocenters. The Morgan fingerprint density at radius 1 is 1.15 bits per heavy atom. The number of carbonyl (C=O) groups is 2. The van der Waals surface area contributed by atoms with Gasteiger partial charge in [0.25, 0.3) is 5.91 Å². The van der Waals surface area contributed by atoms with E-state index in [0.717, 1.165) is 23.5 Å². The Labute approximate surface area is 188 Å². The number of hydrogen-bond acceptors (Lipinski definition) is 7. The summed E-state index contributed by atoms with van der Waals surface area (Å²) >= 11 is 0. The number of aryl methyl sites for hydroxylation is 1. The second-order valence-corrected chi connectivity index (χ2v) is 6.88. The highest BCUT2D eigenvalue weighted by molar-refractivity contribution is 5.92. The summed E-state index contributed by atoms with van der Waals surface area (Å²) in [5, 5.41) is 7.12. The van der Waals surface area contributed by atoms with E-state index in [4.69, 9.17) is 19.4 Å². The predicted octanol–water partition coefficient (Wildman–Crippen LogP) is 2.33. The average Bonchev–Trinajstić information content (AvgIpc) is 3.02. The van der Waals surface area contributed by atoms with Gasteiger partial charge < -0.3 is 19.5 Å². The zero-order valence-corrected chi connectivity index (χ0v) is 18.3. The van der Waals surface area contributed by atoms with Crippen LogP contribution in [0.5, 0.6) is 5.88 Å². The van der Waals surface area contributed by atoms with E-state index in [1.54, 1.807) is 25.4 Å². The maximum atomic E-state index is 12.7. The molecule has 0 spiro atoms. The van der Waals surface area contributed by atoms with Crippen molar-refractivity contribution < 1.29 is 37.3 Å². The number of amides is 1. The van der Waals surface area contributed by atoms with Gasteiger partial charge in [-0.1, -0.05) is 13.0 Å². The molecule has 33 heavy (non-hydrogen) atoms. The number of carbonyl (C=O) groups excluding carboxylic acids is 1. The molecule has 1 N–H and O–H groups in total. The first-order chi connectivity index (χ1) is 15.7. The first-order valence-corrected chi connectivity index (χ1v) is 10.2. The lowest BCUT2D eigenvalue weighted by Crippen LogP contribution is -2.33. The largest absolute Gasteiger partial charge is 0.490 e. The van der Waals surface area contributed by atoms with Crippen LogP contribution in [0.15, 0.2) is 24.4 Å². The third-order valence-electron chi connectivity index (χ3n) is 4.61. The van der Waals surface area contributed by atoms with Gasteiger partial charge in [0.2, 0.25) is 5.88 Å². The highest BCUT2D eigenvalue weighted by Gasteiger charge is 2.38. The molecule has 3 rings (SSSR count). The van der Waals surface area contributed by atoms with Crippen LogP contribution in [0.1, 0.15) is 34.5 Å². The van der Waals surface area contributed by atoms with Crippen molar-refractivity contribution in [1.29, 1.82) is 0 Å². The van der Waals surface area contributed by atoms with Crippen LogP contribution in [0.3, 0.4) is 0 Å². The SMILES string of the molecule is CCc1nc2c(c(OCCOC)n1)CCN(C(=O)c1ccccn1)CC2.O=C(O)C(F)(F)F. The number of carboxylic acid groups (broad SMARTS) is 1. The quantitative estimate of drug-likeness (QED) is 0.640. The van der Waals surface area contributed by atoms with Crippen molar-refractivity contribution in [2.45, 2.75) is 32.4 Å². The Morgan fingerprint density at radius 3 is 2.42 bits per heavy atom. The zero-order chi connectivity index (χ0) is 24.4. The molecule has 2 aromatic heterocycles. The molecule has 0 aliphatic carbocycles. The van der Waals surface area contributed by atoms with Crippen LogP contribution >= 0.6 is 0 Å². The van der Waals surface area contributed by atoms with Gasteiger partial charge in [0.1, 0.15) is 18.1 Å². The Bertz CT molecular complexity index is 941. The molecular formula is C21H25F3N4O5. The van der Waals surface area contributed by atoms with E-state index in [1.807, 2.05) is 17.9 Å². The Morgan fingerprint density at radius 2 is 1.85 bits per heavy atom. The monoisotopic (exact) mass is 470 g/mol. The summed E-state index contributed by atoms with van der Waals surface area (Å²) in [7, 11) is 1.64. The number of aliphatic carboxylic acids is 1. The van der Waals surface area contributed by atoms with Gasteiger partial charge in [-0.05, 0) is 18.6 Å². The van der Waals surface area contributed by atoms with Crippen molar-refractivity contribution in [3.8, 4) is 5.88 Å². The van der Waals surface area contributed by atoms with Gasteiger partial charge in [0.15, 0.2) is 0 Å². The number of nitrogens with zero attached hydrogens (tertiary/aromatic N) is 4. The molecule has 0 saturated heterocycles. The third-order valence-corrected chi connectivity index (χ3v) is 4.61. The lowest BCUT2D eigenvalue weighted by molar-refractivity contribution is -0.192. The second-order valence-electron chi connectivity index (χ2n) is 6.88. The topological polar surface area (TPSA) is 115 Å². The van der Waals surface area contributed by atoms with E-state index >= 15 is 0 Å². The number of methoxy groups -OCH3 is 1. The summed E-state index contributed by atoms with van der Waals surface area (Å²) in [5.41, 5.74) is 2.44. The van der Waals surface area contributed by atoms with Crippen molar-refractivity contribution in [3.63, 3.8) is 0 Å². The fraction of sp³-hybridized carbons (Fsp3) is 0.476. The molecule has 1 amide bonds. The molecule has 0 fully saturated rings. The minimum atomic E-state index is -5.08. The maximum Gasteiger partial charge on any atom is 0.490 e. The Kier molecular flexibility index (Phi) is 9.52. The number of aromatic nitrogens is 3. The molecule has 3 heterocycles. The number of hydrogen-bond donors (Lipinski definition) is 1. The Hall–Kier alpha value is -3.28. The second kappa shape index (κ2) is 12.1. The van der Waals surface area contributed by atoms with E-state index < -0.39 is 12.1 Å². The standard InChI is InChI=1S/C19H24N4O3.C2HF3O2/c1-3-17-21-15-8-11-23(19(24)16-6-4-5-9-20-16)10-7-14(15)18(22-17)26-13-12-25-2;3-2(4,5)1(6)7/h4-6,9H,3,7-8,10-13H2,1-2H3;(H,6,7). The van der Waals surface area contributed by atoms with Gasteiger partial charge >= 0.3 is 12.1 Å². The highest BCUT2D eigenvalue weighted by Crippen LogP contribution is 2.24. The number of fused-ring (bicyclic) bond motifs is 1. The lowest BCUT2D eigenvalue weighted by atomic mass is 10.1. The molecule has 12 heteroatoms. The van der Waals surface area contributed by atoms with Crippen molar-refractivity contribution in [2.75, 3.05) is 33.4 Å². The molecule has 0 bridgehead atoms. The van der Waals surface area contributed by atoms with Gasteiger partial charge in [0, 0.05) is 44.8 Å². The minimum Gasteiger partial charge on any atom is -0.475 e. The third kappa shape index (κ3) is 7.67. The molecule has 2 aromatic rings. The number of carboxylic acids is 1. The molecule has 180 valence electrons. The smallest absolute Gasteiger partial charge is 0.475 e. The van der Waals surface area contributed by atoms with Crippen LogP contribution in [0.4, 0.5) is 13.2 Å². The van der Waals surface area contributed by atoms with Gasteiger partial charge in [-0.25, -0.2) is 9.78 Å². The van der Waals surface area contributed by atoms with Gasteiger partial charge in [-0.2, -0.15) is 18.2 Å². The normalized spacial score (nSPS) is 13.3. The molecule has 9 nitrogen and oxygen atoms in total. The fourth-order valence-corrected chi connectivity index (χ4v) is 2.97. The van der Waals surface area contributed by atoms with E-state index in [2.05, 4.69) is 15.0 Å². The van der Waals surface area contributed by atoms with Crippen LogP contribution in [0.25, 0.3) is 0 Å². The van der Waals surface area contributed by atoms with Crippen molar-refractivity contribution in [3.05, 3.63) is 47.2 Å². The Balaban J connectivity index is 0.000000479. The van der Waals surface area contributed by atoms with Crippen molar-refractivity contribution >= 4 is 11.9 Å². The first-order valence-electron chi connectivity index (χ1n) is 10.2. The van der Waals surface area contributed by atoms with E-state index in [1.165, 1.54) is 0 Å². The summed E-state index contributed by atoms with van der Waals surface area (Å²) in [6, 6.07) is 5.38. The molecule has 0 saturated carbocycles. The summed E-state index contributed by atoms with van der Waals surface area (Å²) in [6.45, 7) is 4.18. The van der Waals surface area contributed by atoms with Crippen molar-refractivity contribution in [1.82, 2.24) is 19.9 Å². The molecular weight excluding hydrogens is 445 g/mol. The molecule has 1 aliphatic rings. The zero-order valence-electron chi connectivity index (χ0n) is 18.3. The summed E-state index contributed by atoms with van der Waals surface area (Å²) in [4.78, 5) is 36.8. The lowest BCUT2D eigenvalue weighted by Gasteiger charge is -2.19. The van der Waals surface area contributed by atoms with Crippen LogP contribution in [0, 0.1) is 0 Å². The van der Waals surface area contributed by atoms with Crippen molar-refractivity contribution in [2.24, 2.45) is 0 Å². The highest BCUT2D eigenvalue weighted by atomic mass is 19.4. The summed E-state index contributed by atoms with van der Waals surface area (Å²) in [6.07, 6.45) is -1.35. The molecule has 1 aliphatic heterocycles. The number of ether oxygens (including phenoxy) is 2. The average molecular weight is 470 g/mol. The molecule has 0 radical (unpaired) electrons. The van der Waals surface area contributed by atoms with E-state index in [9.17, 15) is 18.0 Å². The number of halogens is 3. The summed E-state index contributed by atoms with van der Waals surface area (Å²) in [5.74, 6) is -1.42. The summed E-state index contributed by atoms with van der Waals surface area (Å²) < 4.78 is 42.6. The van der Waals surface area contributed by atoms with Crippen LogP contribution < -0.4 is 4.74 Å². The minimum absolute atomic E-state index is 0.0519. The molecule has 0 aromatic carbocycles. The number of rotatable bonds is 6. The van der Waals surface area contributed by atoms with Crippen LogP contribution in [-0.2, 0) is 28.8 Å². The number of pyridine rings is 1. The van der Waals surface area contributed by atoms with Gasteiger partial charge in [-0.15, -0.1) is 0 Å². The fourth-order valence-electron chi connectivity index (χ4n) is 2.97. The van der Waals surface area contributed by atoms with Crippen LogP contribution in [-0.4, -0.2) is 76.4 Å². The molecule has 0 unspecified atom stereocenters. The van der Waals surface area contributed by atoms with Gasteiger partial charge in [0.05, 0.1) is 12.3 Å². The number of alkyl halides is 3. The first kappa shape index (κ1) is 26.0. The van der Waals surface area contributed by atoms with E-state index in [-0.39, 0.29) is 5.91 Å². The van der Waals surface area contributed by atoms with Gasteiger partial charge in [-0.3, -0.25) is 9.78 Å². The van der Waals surface area contributed by atoms with E-state index in [0.29, 0.717) is 50.7 Å².